The van der Waals surface area contributed by atoms with Gasteiger partial charge in [0.2, 0.25) is 0 Å². The van der Waals surface area contributed by atoms with E-state index in [1.54, 1.807) is 0 Å². The summed E-state index contributed by atoms with van der Waals surface area (Å²) in [6.07, 6.45) is 1.12. The Bertz CT molecular complexity index is 868. The van der Waals surface area contributed by atoms with Gasteiger partial charge in [0.25, 0.3) is 0 Å². The fraction of sp³-hybridized carbons (Fsp3) is 0.125. The van der Waals surface area contributed by atoms with Gasteiger partial charge in [-0.15, -0.1) is 0 Å². The van der Waals surface area contributed by atoms with Gasteiger partial charge in [0.1, 0.15) is 23.0 Å². The number of halogens is 6. The fourth-order valence-electron chi connectivity index (χ4n) is 2.26. The van der Waals surface area contributed by atoms with Crippen molar-refractivity contribution in [2.24, 2.45) is 0 Å². The third kappa shape index (κ3) is 4.57. The highest BCUT2D eigenvalue weighted by Gasteiger charge is 2.23. The van der Waals surface area contributed by atoms with E-state index in [0.717, 1.165) is 16.7 Å². The van der Waals surface area contributed by atoms with E-state index in [-0.39, 0.29) is 23.0 Å². The third-order valence-electron chi connectivity index (χ3n) is 3.66. The molecule has 0 heterocycles. The highest BCUT2D eigenvalue weighted by atomic mass is 127. The molecule has 0 fully saturated rings. The molecule has 0 aliphatic heterocycles. The van der Waals surface area contributed by atoms with Crippen LogP contribution in [0.5, 0.6) is 23.0 Å². The summed E-state index contributed by atoms with van der Waals surface area (Å²) in [6, 6.07) is 0. The molecule has 0 saturated heterocycles. The normalized spacial score (nSPS) is 11.0. The minimum absolute atomic E-state index is 0.0500. The van der Waals surface area contributed by atoms with Gasteiger partial charge in [0.15, 0.2) is 0 Å². The van der Waals surface area contributed by atoms with Crippen molar-refractivity contribution in [2.45, 2.75) is 12.8 Å². The van der Waals surface area contributed by atoms with Crippen molar-refractivity contribution in [1.29, 1.82) is 0 Å². The molecule has 0 radical (unpaired) electrons. The van der Waals surface area contributed by atoms with Gasteiger partial charge in [0.05, 0.1) is 21.4 Å². The molecule has 4 nitrogen and oxygen atoms in total. The van der Waals surface area contributed by atoms with Crippen LogP contribution in [0, 0.1) is 21.4 Å². The molecule has 0 aliphatic carbocycles. The van der Waals surface area contributed by atoms with Crippen LogP contribution < -0.4 is 0 Å². The lowest BCUT2D eigenvalue weighted by Crippen LogP contribution is -2.01. The first-order chi connectivity index (χ1) is 12.0. The van der Waals surface area contributed by atoms with Crippen molar-refractivity contribution < 1.29 is 20.4 Å². The Morgan fingerprint density at radius 3 is 1.35 bits per heavy atom. The average Bonchev–Trinajstić information content (AvgIpc) is 2.61. The monoisotopic (exact) mass is 1030 g/mol. The van der Waals surface area contributed by atoms with Crippen LogP contribution >= 0.6 is 136 Å². The van der Waals surface area contributed by atoms with Crippen LogP contribution in [-0.4, -0.2) is 20.4 Å². The Balaban J connectivity index is 2.41. The third-order valence-corrected chi connectivity index (χ3v) is 10.1. The minimum Gasteiger partial charge on any atom is -0.506 e. The SMILES string of the molecule is C=C(CCc1c(I)c(O)c(I)c(O)c1I)c1c(I)c(O)c(I)c(O)c1I. The molecule has 0 amide bonds. The maximum atomic E-state index is 10.2. The number of hydrogen-bond acceptors (Lipinski definition) is 4. The van der Waals surface area contributed by atoms with E-state index in [1.807, 2.05) is 45.2 Å². The van der Waals surface area contributed by atoms with E-state index in [4.69, 9.17) is 0 Å². The predicted molar refractivity (Wildman–Crippen MR) is 153 cm³/mol. The molecule has 2 rings (SSSR count). The summed E-state index contributed by atoms with van der Waals surface area (Å²) in [5, 5.41) is 40.9. The zero-order valence-corrected chi connectivity index (χ0v) is 25.6. The van der Waals surface area contributed by atoms with Crippen molar-refractivity contribution in [3.63, 3.8) is 0 Å². The number of benzene rings is 2. The standard InChI is InChI=1S/C16H10I6O4/c1-4(6-9(19)15(25)12(22)16(26)10(6)20)2-3-5-7(17)13(23)11(21)14(24)8(5)18/h23-26H,1-3H2. The van der Waals surface area contributed by atoms with Crippen LogP contribution in [0.3, 0.4) is 0 Å². The Hall–Kier alpha value is 1.76. The maximum absolute atomic E-state index is 10.2. The Morgan fingerprint density at radius 1 is 0.615 bits per heavy atom. The lowest BCUT2D eigenvalue weighted by atomic mass is 9.99. The van der Waals surface area contributed by atoms with E-state index in [0.29, 0.717) is 34.3 Å². The van der Waals surface area contributed by atoms with Gasteiger partial charge in [-0.25, -0.2) is 0 Å². The number of phenols is 4. The quantitative estimate of drug-likeness (QED) is 0.255. The molecule has 0 aliphatic rings. The number of rotatable bonds is 4. The Kier molecular flexibility index (Phi) is 8.98. The smallest absolute Gasteiger partial charge is 0.146 e. The summed E-state index contributed by atoms with van der Waals surface area (Å²) in [4.78, 5) is 0. The number of allylic oxidation sites excluding steroid dienone is 1. The first-order valence-corrected chi connectivity index (χ1v) is 13.3. The van der Waals surface area contributed by atoms with Crippen LogP contribution in [0.25, 0.3) is 5.57 Å². The van der Waals surface area contributed by atoms with Gasteiger partial charge in [-0.1, -0.05) is 6.58 Å². The highest BCUT2D eigenvalue weighted by Crippen LogP contribution is 2.44. The summed E-state index contributed by atoms with van der Waals surface area (Å²) in [6.45, 7) is 4.13. The van der Waals surface area contributed by atoms with E-state index in [1.165, 1.54) is 0 Å². The highest BCUT2D eigenvalue weighted by molar-refractivity contribution is 14.1. The van der Waals surface area contributed by atoms with Gasteiger partial charge in [0, 0.05) is 5.56 Å². The van der Waals surface area contributed by atoms with Crippen LogP contribution in [0.4, 0.5) is 0 Å². The van der Waals surface area contributed by atoms with E-state index in [9.17, 15) is 20.4 Å². The fourth-order valence-corrected chi connectivity index (χ4v) is 9.89. The zero-order valence-electron chi connectivity index (χ0n) is 12.7. The Morgan fingerprint density at radius 2 is 0.962 bits per heavy atom. The number of hydrogen-bond donors (Lipinski definition) is 4. The van der Waals surface area contributed by atoms with Crippen molar-refractivity contribution in [3.05, 3.63) is 39.1 Å². The van der Waals surface area contributed by atoms with E-state index < -0.39 is 0 Å². The van der Waals surface area contributed by atoms with Crippen molar-refractivity contribution >= 4 is 141 Å². The van der Waals surface area contributed by atoms with Crippen LogP contribution in [0.1, 0.15) is 17.5 Å². The van der Waals surface area contributed by atoms with Gasteiger partial charge in [-0.3, -0.25) is 0 Å². The second kappa shape index (κ2) is 9.71. The zero-order chi connectivity index (χ0) is 19.9. The molecule has 2 aromatic carbocycles. The summed E-state index contributed by atoms with van der Waals surface area (Å²) in [5.41, 5.74) is 2.35. The molecule has 10 heteroatoms. The summed E-state index contributed by atoms with van der Waals surface area (Å²) in [5.74, 6) is 0.264. The molecule has 0 spiro atoms. The van der Waals surface area contributed by atoms with Crippen molar-refractivity contribution in [2.75, 3.05) is 0 Å². The molecular formula is C16H10I6O4. The summed E-state index contributed by atoms with van der Waals surface area (Å²) in [7, 11) is 0. The van der Waals surface area contributed by atoms with Gasteiger partial charge in [-0.2, -0.15) is 0 Å². The van der Waals surface area contributed by atoms with Crippen molar-refractivity contribution in [3.8, 4) is 23.0 Å². The molecule has 26 heavy (non-hydrogen) atoms. The minimum atomic E-state index is 0.0500. The molecule has 0 aromatic heterocycles. The molecule has 0 bridgehead atoms. The van der Waals surface area contributed by atoms with Gasteiger partial charge in [-0.05, 0) is 160 Å². The lowest BCUT2D eigenvalue weighted by molar-refractivity contribution is 0.436. The second-order valence-electron chi connectivity index (χ2n) is 5.24. The van der Waals surface area contributed by atoms with Gasteiger partial charge < -0.3 is 20.4 Å². The first kappa shape index (κ1) is 24.0. The lowest BCUT2D eigenvalue weighted by Gasteiger charge is -2.17. The molecule has 0 atom stereocenters. The van der Waals surface area contributed by atoms with Crippen LogP contribution in [-0.2, 0) is 6.42 Å². The van der Waals surface area contributed by atoms with E-state index >= 15 is 0 Å². The second-order valence-corrected chi connectivity index (χ2v) is 11.7. The summed E-state index contributed by atoms with van der Waals surface area (Å²) >= 11 is 12.1. The number of phenolic OH excluding ortho intramolecular Hbond substituents is 4. The maximum Gasteiger partial charge on any atom is 0.146 e. The van der Waals surface area contributed by atoms with Crippen molar-refractivity contribution in [1.82, 2.24) is 0 Å². The molecule has 0 saturated carbocycles. The largest absolute Gasteiger partial charge is 0.506 e. The topological polar surface area (TPSA) is 80.9 Å². The first-order valence-electron chi connectivity index (χ1n) is 6.84. The predicted octanol–water partition coefficient (Wildman–Crippen LogP) is 6.78. The Labute approximate surface area is 232 Å². The van der Waals surface area contributed by atoms with E-state index in [2.05, 4.69) is 96.9 Å². The van der Waals surface area contributed by atoms with Crippen LogP contribution in [0.15, 0.2) is 6.58 Å². The average molecular weight is 1030 g/mol. The molecular weight excluding hydrogens is 1020 g/mol. The van der Waals surface area contributed by atoms with Crippen LogP contribution in [0.2, 0.25) is 0 Å². The molecule has 4 N–H and O–H groups in total. The van der Waals surface area contributed by atoms with Gasteiger partial charge >= 0.3 is 0 Å². The molecule has 140 valence electrons. The summed E-state index contributed by atoms with van der Waals surface area (Å²) < 4.78 is 3.58. The molecule has 0 unspecified atom stereocenters. The molecule has 2 aromatic rings. The number of aromatic hydroxyl groups is 4.